The van der Waals surface area contributed by atoms with Crippen LogP contribution in [-0.2, 0) is 47.7 Å². The summed E-state index contributed by atoms with van der Waals surface area (Å²) in [5, 5.41) is 16.8. The first kappa shape index (κ1) is 55.9. The van der Waals surface area contributed by atoms with E-state index >= 15 is 4.79 Å². The molecular weight excluding hydrogens is 1000 g/mol. The minimum absolute atomic E-state index is 0.0157. The number of nitrogens with one attached hydrogen (secondary N) is 1. The van der Waals surface area contributed by atoms with Gasteiger partial charge in [-0.2, -0.15) is 0 Å². The molecule has 5 fully saturated rings. The zero-order valence-electron chi connectivity index (χ0n) is 48.3. The Morgan fingerprint density at radius 1 is 0.848 bits per heavy atom. The molecule has 10 rings (SSSR count). The van der Waals surface area contributed by atoms with Crippen molar-refractivity contribution >= 4 is 47.0 Å². The summed E-state index contributed by atoms with van der Waals surface area (Å²) < 4.78 is 29.9. The summed E-state index contributed by atoms with van der Waals surface area (Å²) in [5.74, 6) is -3.94. The van der Waals surface area contributed by atoms with Gasteiger partial charge in [0, 0.05) is 78.0 Å². The predicted octanol–water partition coefficient (Wildman–Crippen LogP) is 11.3. The quantitative estimate of drug-likeness (QED) is 0.131. The fraction of sp³-hybridized carbons (Fsp3) is 0.594. The average molecular weight is 1080 g/mol. The second kappa shape index (κ2) is 21.3. The maximum Gasteiger partial charge on any atom is 0.321 e. The minimum atomic E-state index is -1.28. The van der Waals surface area contributed by atoms with Crippen LogP contribution in [0.1, 0.15) is 146 Å². The van der Waals surface area contributed by atoms with E-state index in [9.17, 15) is 24.3 Å². The van der Waals surface area contributed by atoms with Crippen molar-refractivity contribution in [2.45, 2.75) is 165 Å². The number of allylic oxidation sites excluding steroid dienone is 11. The Morgan fingerprint density at radius 2 is 1.54 bits per heavy atom. The first-order valence-corrected chi connectivity index (χ1v) is 28.9. The van der Waals surface area contributed by atoms with E-state index in [2.05, 4.69) is 53.4 Å². The second-order valence-corrected chi connectivity index (χ2v) is 24.7. The highest BCUT2D eigenvalue weighted by Crippen LogP contribution is 2.70. The predicted molar refractivity (Wildman–Crippen MR) is 300 cm³/mol. The molecule has 422 valence electrons. The van der Waals surface area contributed by atoms with E-state index in [1.165, 1.54) is 28.1 Å². The van der Waals surface area contributed by atoms with Crippen molar-refractivity contribution in [2.75, 3.05) is 14.2 Å². The zero-order chi connectivity index (χ0) is 56.7. The summed E-state index contributed by atoms with van der Waals surface area (Å²) in [6, 6.07) is 0. The molecule has 0 amide bonds. The Bertz CT molecular complexity index is 3060. The van der Waals surface area contributed by atoms with Crippen LogP contribution in [-0.4, -0.2) is 84.6 Å². The summed E-state index contributed by atoms with van der Waals surface area (Å²) in [6.45, 7) is 24.1. The molecule has 5 aliphatic carbocycles. The van der Waals surface area contributed by atoms with Crippen molar-refractivity contribution in [3.8, 4) is 0 Å². The van der Waals surface area contributed by atoms with Crippen molar-refractivity contribution in [1.29, 1.82) is 0 Å². The smallest absolute Gasteiger partial charge is 0.321 e. The number of hydrogen-bond donors (Lipinski definition) is 2. The number of fused-ring (bicyclic) bond motifs is 10. The van der Waals surface area contributed by atoms with Gasteiger partial charge in [-0.15, -0.1) is 0 Å². The molecule has 10 aliphatic rings. The second-order valence-electron chi connectivity index (χ2n) is 24.7. The molecule has 15 nitrogen and oxygen atoms in total. The Labute approximate surface area is 465 Å². The normalized spacial score (nSPS) is 34.6. The molecule has 0 aromatic carbocycles. The van der Waals surface area contributed by atoms with E-state index in [-0.39, 0.29) is 101 Å². The van der Waals surface area contributed by atoms with Crippen molar-refractivity contribution in [1.82, 2.24) is 5.32 Å². The lowest BCUT2D eigenvalue weighted by molar-refractivity contribution is -0.225. The van der Waals surface area contributed by atoms with Crippen molar-refractivity contribution in [3.63, 3.8) is 0 Å². The fourth-order valence-electron chi connectivity index (χ4n) is 16.8. The first-order valence-electron chi connectivity index (χ1n) is 28.9. The molecule has 8 bridgehead atoms. The van der Waals surface area contributed by atoms with Gasteiger partial charge < -0.3 is 34.1 Å². The molecule has 5 aliphatic heterocycles. The van der Waals surface area contributed by atoms with Crippen LogP contribution in [0.5, 0.6) is 0 Å². The van der Waals surface area contributed by atoms with E-state index in [1.807, 2.05) is 38.2 Å². The van der Waals surface area contributed by atoms with Crippen LogP contribution in [0.3, 0.4) is 0 Å². The molecule has 0 unspecified atom stereocenters. The molecule has 4 saturated carbocycles. The number of rotatable bonds is 13. The highest BCUT2D eigenvalue weighted by atomic mass is 16.6. The lowest BCUT2D eigenvalue weighted by Crippen LogP contribution is -2.63. The maximum atomic E-state index is 16.1. The minimum Gasteiger partial charge on any atom is -0.510 e. The molecule has 14 atom stereocenters. The van der Waals surface area contributed by atoms with Crippen LogP contribution in [0.4, 0.5) is 0 Å². The number of ether oxygens (including phenoxy) is 5. The molecular formula is C64H80N4O11. The van der Waals surface area contributed by atoms with E-state index in [1.54, 1.807) is 0 Å². The van der Waals surface area contributed by atoms with Gasteiger partial charge in [0.25, 0.3) is 0 Å². The van der Waals surface area contributed by atoms with Gasteiger partial charge in [0.2, 0.25) is 0 Å². The Morgan fingerprint density at radius 3 is 2.23 bits per heavy atom. The van der Waals surface area contributed by atoms with Crippen LogP contribution in [0, 0.1) is 64.1 Å². The third-order valence-corrected chi connectivity index (χ3v) is 20.9. The topological polar surface area (TPSA) is 201 Å². The summed E-state index contributed by atoms with van der Waals surface area (Å²) in [5.41, 5.74) is 10.5. The standard InChI is InChI=1S/C64H80N4O11/c1-14-39-31(4)45-27-47-33(6)41(17-21-54(72)76-13)59(67-47)57-58(61(73)55-34(7)48(68-60(55)57)29-50-40(15-2)32(5)46(66-50)28-49(39)65-45)62(74)79-51-25-37-24-38(77-35(8)69)22-23-63(37,10)44-26-52(78-36(9)70)64(11)42(18-19-43(64)56(44)51)30(3)16-20-53(71)75-12/h14,27-30,33,37-38,41-44,51-52,56,58,67,73H,1,15-26H2,2-13H3/t30-,33+,37+,38-,41+,42-,43+,44+,51-,52+,56+,58-,63+,64-/m1/s1. The lowest BCUT2D eigenvalue weighted by Gasteiger charge is -2.64. The Balaban J connectivity index is 1.12. The van der Waals surface area contributed by atoms with Gasteiger partial charge in [0.1, 0.15) is 30.0 Å². The van der Waals surface area contributed by atoms with Crippen LogP contribution >= 0.6 is 0 Å². The molecule has 2 N–H and O–H groups in total. The molecule has 0 aromatic heterocycles. The lowest BCUT2D eigenvalue weighted by atomic mass is 9.43. The number of hydrogen-bond acceptors (Lipinski definition) is 15. The Hall–Kier alpha value is -6.38. The molecule has 0 aromatic rings. The van der Waals surface area contributed by atoms with E-state index in [0.29, 0.717) is 78.8 Å². The van der Waals surface area contributed by atoms with Crippen molar-refractivity contribution < 1.29 is 52.8 Å². The van der Waals surface area contributed by atoms with Crippen molar-refractivity contribution in [3.05, 3.63) is 104 Å². The molecule has 0 radical (unpaired) electrons. The fourth-order valence-corrected chi connectivity index (χ4v) is 16.8. The number of methoxy groups -OCH3 is 2. The summed E-state index contributed by atoms with van der Waals surface area (Å²) >= 11 is 0. The monoisotopic (exact) mass is 1080 g/mol. The molecule has 5 heterocycles. The van der Waals surface area contributed by atoms with Gasteiger partial charge in [0.05, 0.1) is 48.4 Å². The highest BCUT2D eigenvalue weighted by Gasteiger charge is 2.68. The highest BCUT2D eigenvalue weighted by molar-refractivity contribution is 6.24. The zero-order valence-corrected chi connectivity index (χ0v) is 48.3. The van der Waals surface area contributed by atoms with Crippen molar-refractivity contribution in [2.24, 2.45) is 79.1 Å². The largest absolute Gasteiger partial charge is 0.510 e. The van der Waals surface area contributed by atoms with Crippen LogP contribution in [0.25, 0.3) is 0 Å². The molecule has 79 heavy (non-hydrogen) atoms. The summed E-state index contributed by atoms with van der Waals surface area (Å²) in [7, 11) is 2.79. The molecule has 1 saturated heterocycles. The number of aliphatic hydroxyl groups is 1. The number of esters is 5. The molecule has 0 spiro atoms. The van der Waals surface area contributed by atoms with Gasteiger partial charge in [-0.05, 0) is 161 Å². The third-order valence-electron chi connectivity index (χ3n) is 20.9. The summed E-state index contributed by atoms with van der Waals surface area (Å²) in [4.78, 5) is 83.0. The van der Waals surface area contributed by atoms with E-state index in [0.717, 1.165) is 70.1 Å². The maximum absolute atomic E-state index is 16.1. The van der Waals surface area contributed by atoms with Gasteiger partial charge in [0.15, 0.2) is 0 Å². The van der Waals surface area contributed by atoms with Crippen LogP contribution in [0.2, 0.25) is 0 Å². The third kappa shape index (κ3) is 9.36. The SMILES string of the molecule is C=CC1=C(C)C2=NC1=CC1=NC(=CC3=C(C)C4=C(O)[C@H](C(=O)O[C@@H]5C[C@@H]6C[C@H](OC(C)=O)CC[C@]6(C)[C@H]6C[C@H](OC(C)=O)[C@]7(C)[C@@H]([C@H](C)CCC(=O)OC)CC[C@H]7[C@H]56)C(=C5NC(=C2)[C@@H](C)[C@@H]5CCC(=O)OC)C4=N3)C(CC)=C1C. The van der Waals surface area contributed by atoms with Gasteiger partial charge in [-0.3, -0.25) is 24.0 Å². The van der Waals surface area contributed by atoms with E-state index < -0.39 is 29.5 Å². The Kier molecular flexibility index (Phi) is 15.0. The van der Waals surface area contributed by atoms with Gasteiger partial charge >= 0.3 is 29.8 Å². The summed E-state index contributed by atoms with van der Waals surface area (Å²) in [6.07, 6.45) is 13.4. The number of aliphatic hydroxyl groups excluding tert-OH is 1. The number of carbonyl (C=O) groups is 5. The number of aliphatic imine (C=N–C) groups is 3. The van der Waals surface area contributed by atoms with E-state index in [4.69, 9.17) is 38.7 Å². The number of nitrogens with zero attached hydrogens (tertiary/aromatic N) is 3. The van der Waals surface area contributed by atoms with Gasteiger partial charge in [-0.1, -0.05) is 47.3 Å². The average Bonchev–Trinajstić information content (AvgIpc) is 3.61. The number of carbonyl (C=O) groups excluding carboxylic acids is 5. The van der Waals surface area contributed by atoms with Gasteiger partial charge in [-0.25, -0.2) is 15.0 Å². The van der Waals surface area contributed by atoms with Crippen LogP contribution in [0.15, 0.2) is 119 Å². The van der Waals surface area contributed by atoms with Crippen LogP contribution < -0.4 is 5.32 Å². The molecule has 15 heteroatoms. The first-order chi connectivity index (χ1) is 37.6.